The van der Waals surface area contributed by atoms with E-state index in [-0.39, 0.29) is 0 Å². The number of hydrogen-bond donors (Lipinski definition) is 1. The number of ether oxygens (including phenoxy) is 1. The maximum Gasteiger partial charge on any atom is 0.274 e. The molecule has 3 nitrogen and oxygen atoms in total. The molecule has 2 N–H and O–H groups in total. The van der Waals surface area contributed by atoms with E-state index in [1.54, 1.807) is 11.3 Å². The van der Waals surface area contributed by atoms with Crippen LogP contribution in [0.3, 0.4) is 0 Å². The van der Waals surface area contributed by atoms with E-state index in [0.717, 1.165) is 36.6 Å². The number of hydrogen-bond acceptors (Lipinski definition) is 4. The third-order valence-corrected chi connectivity index (χ3v) is 6.31. The van der Waals surface area contributed by atoms with Gasteiger partial charge in [0, 0.05) is 11.4 Å². The standard InChI is InChI=1S/C21H26N2OS/c1-2-3-4-11-24-21-23-19-10-7-16-12-14(15-5-8-17(22)13-15)6-9-18(16)20(19)25-21/h6-7,9-10,12,15,17H,2-5,8,11,13,22H2,1H3. The van der Waals surface area contributed by atoms with Crippen molar-refractivity contribution < 1.29 is 4.74 Å². The van der Waals surface area contributed by atoms with Crippen molar-refractivity contribution in [2.75, 3.05) is 6.61 Å². The first-order valence-corrected chi connectivity index (χ1v) is 10.3. The first kappa shape index (κ1) is 16.8. The number of nitrogens with zero attached hydrogens (tertiary/aromatic N) is 1. The van der Waals surface area contributed by atoms with Crippen LogP contribution < -0.4 is 10.5 Å². The summed E-state index contributed by atoms with van der Waals surface area (Å²) in [6.45, 7) is 2.97. The van der Waals surface area contributed by atoms with E-state index in [9.17, 15) is 0 Å². The molecule has 4 heteroatoms. The molecule has 0 radical (unpaired) electrons. The molecule has 1 saturated carbocycles. The Morgan fingerprint density at radius 3 is 2.92 bits per heavy atom. The van der Waals surface area contributed by atoms with E-state index in [2.05, 4.69) is 42.2 Å². The first-order chi connectivity index (χ1) is 12.2. The Bertz CT molecular complexity index is 873. The summed E-state index contributed by atoms with van der Waals surface area (Å²) in [5.41, 5.74) is 8.56. The summed E-state index contributed by atoms with van der Waals surface area (Å²) in [5.74, 6) is 0.619. The van der Waals surface area contributed by atoms with Gasteiger partial charge in [0.15, 0.2) is 0 Å². The fourth-order valence-corrected chi connectivity index (χ4v) is 4.83. The van der Waals surface area contributed by atoms with Crippen molar-refractivity contribution >= 4 is 32.3 Å². The van der Waals surface area contributed by atoms with E-state index in [1.165, 1.54) is 40.3 Å². The average Bonchev–Trinajstić information content (AvgIpc) is 3.24. The highest BCUT2D eigenvalue weighted by Gasteiger charge is 2.23. The van der Waals surface area contributed by atoms with Crippen molar-refractivity contribution in [2.45, 2.75) is 57.4 Å². The van der Waals surface area contributed by atoms with Crippen LogP contribution in [0.4, 0.5) is 0 Å². The van der Waals surface area contributed by atoms with Crippen LogP contribution in [0.25, 0.3) is 21.0 Å². The molecule has 0 spiro atoms. The lowest BCUT2D eigenvalue weighted by Gasteiger charge is -2.11. The minimum Gasteiger partial charge on any atom is -0.470 e. The molecule has 0 bridgehead atoms. The quantitative estimate of drug-likeness (QED) is 0.585. The Labute approximate surface area is 153 Å². The monoisotopic (exact) mass is 354 g/mol. The third kappa shape index (κ3) is 3.51. The molecule has 25 heavy (non-hydrogen) atoms. The molecular weight excluding hydrogens is 328 g/mol. The van der Waals surface area contributed by atoms with Crippen molar-refractivity contribution in [1.82, 2.24) is 4.98 Å². The highest BCUT2D eigenvalue weighted by Crippen LogP contribution is 2.38. The van der Waals surface area contributed by atoms with Crippen LogP contribution in [-0.4, -0.2) is 17.6 Å². The van der Waals surface area contributed by atoms with Gasteiger partial charge in [-0.2, -0.15) is 0 Å². The minimum atomic E-state index is 0.372. The molecule has 1 aliphatic rings. The zero-order valence-electron chi connectivity index (χ0n) is 14.8. The molecule has 0 amide bonds. The van der Waals surface area contributed by atoms with Gasteiger partial charge in [0.25, 0.3) is 5.19 Å². The minimum absolute atomic E-state index is 0.372. The van der Waals surface area contributed by atoms with E-state index in [1.807, 2.05) is 0 Å². The Kier molecular flexibility index (Phi) is 4.91. The highest BCUT2D eigenvalue weighted by atomic mass is 32.1. The van der Waals surface area contributed by atoms with Crippen molar-refractivity contribution in [3.05, 3.63) is 35.9 Å². The van der Waals surface area contributed by atoms with Crippen LogP contribution in [0.1, 0.15) is 56.9 Å². The van der Waals surface area contributed by atoms with Gasteiger partial charge >= 0.3 is 0 Å². The fraction of sp³-hybridized carbons (Fsp3) is 0.476. The SMILES string of the molecule is CCCCCOc1nc2ccc3cc(C4CCC(N)C4)ccc3c2s1. The second kappa shape index (κ2) is 7.30. The second-order valence-corrected chi connectivity index (χ2v) is 8.16. The number of nitrogens with two attached hydrogens (primary N) is 1. The number of unbranched alkanes of at least 4 members (excludes halogenated alkanes) is 2. The van der Waals surface area contributed by atoms with Crippen LogP contribution in [0.2, 0.25) is 0 Å². The van der Waals surface area contributed by atoms with Crippen molar-refractivity contribution in [1.29, 1.82) is 0 Å². The number of rotatable bonds is 6. The zero-order valence-corrected chi connectivity index (χ0v) is 15.6. The van der Waals surface area contributed by atoms with Crippen LogP contribution in [-0.2, 0) is 0 Å². The number of fused-ring (bicyclic) bond motifs is 3. The number of thiazole rings is 1. The van der Waals surface area contributed by atoms with Crippen LogP contribution >= 0.6 is 11.3 Å². The molecule has 0 aliphatic heterocycles. The Morgan fingerprint density at radius 1 is 1.20 bits per heavy atom. The summed E-state index contributed by atoms with van der Waals surface area (Å²) in [4.78, 5) is 4.65. The van der Waals surface area contributed by atoms with Crippen molar-refractivity contribution in [3.8, 4) is 5.19 Å². The molecule has 4 rings (SSSR count). The van der Waals surface area contributed by atoms with Crippen LogP contribution in [0.5, 0.6) is 5.19 Å². The molecule has 132 valence electrons. The van der Waals surface area contributed by atoms with Crippen LogP contribution in [0.15, 0.2) is 30.3 Å². The largest absolute Gasteiger partial charge is 0.470 e. The predicted molar refractivity (Wildman–Crippen MR) is 107 cm³/mol. The smallest absolute Gasteiger partial charge is 0.274 e. The second-order valence-electron chi connectivity index (χ2n) is 7.20. The molecule has 2 aromatic carbocycles. The number of benzene rings is 2. The summed E-state index contributed by atoms with van der Waals surface area (Å²) in [6.07, 6.45) is 6.99. The lowest BCUT2D eigenvalue weighted by Crippen LogP contribution is -2.14. The molecule has 1 aliphatic carbocycles. The van der Waals surface area contributed by atoms with Gasteiger partial charge in [-0.1, -0.05) is 55.4 Å². The molecule has 0 saturated heterocycles. The van der Waals surface area contributed by atoms with Gasteiger partial charge in [-0.15, -0.1) is 0 Å². The van der Waals surface area contributed by atoms with E-state index in [4.69, 9.17) is 10.5 Å². The van der Waals surface area contributed by atoms with Gasteiger partial charge in [0.05, 0.1) is 16.8 Å². The van der Waals surface area contributed by atoms with Crippen LogP contribution in [0, 0.1) is 0 Å². The molecular formula is C21H26N2OS. The Morgan fingerprint density at radius 2 is 2.12 bits per heavy atom. The third-order valence-electron chi connectivity index (χ3n) is 5.29. The summed E-state index contributed by atoms with van der Waals surface area (Å²) in [6, 6.07) is 11.6. The van der Waals surface area contributed by atoms with E-state index >= 15 is 0 Å². The molecule has 2 atom stereocenters. The van der Waals surface area contributed by atoms with Crippen molar-refractivity contribution in [3.63, 3.8) is 0 Å². The molecule has 1 fully saturated rings. The van der Waals surface area contributed by atoms with Crippen molar-refractivity contribution in [2.24, 2.45) is 5.73 Å². The van der Waals surface area contributed by atoms with Gasteiger partial charge < -0.3 is 10.5 Å². The first-order valence-electron chi connectivity index (χ1n) is 9.46. The summed E-state index contributed by atoms with van der Waals surface area (Å²) in [7, 11) is 0. The van der Waals surface area contributed by atoms with Gasteiger partial charge in [-0.05, 0) is 48.6 Å². The summed E-state index contributed by atoms with van der Waals surface area (Å²) in [5, 5.41) is 3.38. The van der Waals surface area contributed by atoms with Gasteiger partial charge in [-0.25, -0.2) is 4.98 Å². The van der Waals surface area contributed by atoms with Gasteiger partial charge in [0.2, 0.25) is 0 Å². The molecule has 3 aromatic rings. The highest BCUT2D eigenvalue weighted by molar-refractivity contribution is 7.21. The molecule has 1 aromatic heterocycles. The normalized spacial score (nSPS) is 20.6. The molecule has 2 unspecified atom stereocenters. The fourth-order valence-electron chi connectivity index (χ4n) is 3.86. The van der Waals surface area contributed by atoms with Gasteiger partial charge in [0.1, 0.15) is 0 Å². The lowest BCUT2D eigenvalue weighted by atomic mass is 9.95. The Balaban J connectivity index is 1.61. The summed E-state index contributed by atoms with van der Waals surface area (Å²) >= 11 is 1.67. The molecule has 1 heterocycles. The lowest BCUT2D eigenvalue weighted by molar-refractivity contribution is 0.305. The van der Waals surface area contributed by atoms with E-state index in [0.29, 0.717) is 12.0 Å². The maximum absolute atomic E-state index is 6.09. The topological polar surface area (TPSA) is 48.1 Å². The number of aromatic nitrogens is 1. The zero-order chi connectivity index (χ0) is 17.2. The predicted octanol–water partition coefficient (Wildman–Crippen LogP) is 5.61. The van der Waals surface area contributed by atoms with E-state index < -0.39 is 0 Å². The average molecular weight is 355 g/mol. The summed E-state index contributed by atoms with van der Waals surface area (Å²) < 4.78 is 7.09. The van der Waals surface area contributed by atoms with Gasteiger partial charge in [-0.3, -0.25) is 0 Å². The maximum atomic E-state index is 6.09. The Hall–Kier alpha value is -1.65.